The fraction of sp³-hybridized carbons (Fsp3) is 0.417. The number of anilines is 1. The number of aliphatic hydroxyl groups excluding tert-OH is 3. The van der Waals surface area contributed by atoms with E-state index in [2.05, 4.69) is 5.43 Å². The van der Waals surface area contributed by atoms with E-state index in [4.69, 9.17) is 11.3 Å². The number of thioether (sulfide) groups is 2. The number of nitrogen functional groups attached to an aromatic ring is 1. The first-order chi connectivity index (χ1) is 9.56. The van der Waals surface area contributed by atoms with Gasteiger partial charge in [0.15, 0.2) is 0 Å². The second-order valence-electron chi connectivity index (χ2n) is 4.41. The highest BCUT2D eigenvalue weighted by Crippen LogP contribution is 2.39. The largest absolute Gasteiger partial charge is 0.389 e. The van der Waals surface area contributed by atoms with Crippen LogP contribution in [-0.4, -0.2) is 50.2 Å². The Morgan fingerprint density at radius 3 is 2.75 bits per heavy atom. The Morgan fingerprint density at radius 1 is 1.35 bits per heavy atom. The highest BCUT2D eigenvalue weighted by Gasteiger charge is 2.37. The van der Waals surface area contributed by atoms with Crippen LogP contribution < -0.4 is 11.3 Å². The lowest BCUT2D eigenvalue weighted by Gasteiger charge is -2.34. The third kappa shape index (κ3) is 3.27. The van der Waals surface area contributed by atoms with Gasteiger partial charge in [0.2, 0.25) is 0 Å². The zero-order chi connectivity index (χ0) is 14.7. The van der Waals surface area contributed by atoms with Crippen LogP contribution in [0.15, 0.2) is 23.1 Å². The highest BCUT2D eigenvalue weighted by molar-refractivity contribution is 8.17. The van der Waals surface area contributed by atoms with Crippen LogP contribution in [0.2, 0.25) is 0 Å². The predicted molar refractivity (Wildman–Crippen MR) is 82.3 cm³/mol. The summed E-state index contributed by atoms with van der Waals surface area (Å²) in [4.78, 5) is 0.819. The molecule has 0 amide bonds. The van der Waals surface area contributed by atoms with E-state index in [0.717, 1.165) is 4.90 Å². The second kappa shape index (κ2) is 6.79. The minimum atomic E-state index is -1.14. The number of hydrogen-bond acceptors (Lipinski definition) is 8. The molecule has 8 heteroatoms. The van der Waals surface area contributed by atoms with Gasteiger partial charge in [-0.25, -0.2) is 0 Å². The molecule has 0 radical (unpaired) electrons. The maximum atomic E-state index is 9.99. The van der Waals surface area contributed by atoms with Crippen LogP contribution in [0.5, 0.6) is 0 Å². The summed E-state index contributed by atoms with van der Waals surface area (Å²) in [5.41, 5.74) is 3.89. The summed E-state index contributed by atoms with van der Waals surface area (Å²) >= 11 is 2.77. The van der Waals surface area contributed by atoms with Crippen LogP contribution >= 0.6 is 23.5 Å². The van der Waals surface area contributed by atoms with Crippen molar-refractivity contribution in [3.05, 3.63) is 23.8 Å². The number of aliphatic hydroxyl groups is 3. The standard InChI is InChI=1S/C12H17N3O3S2/c13-4-6-3-7(15-14)1-2-9(6)20-12-11(18)10(17)8(16)5-19-12/h1-4,8,10-13,15-18H,5,14H2/t8-,10+,11-,12+/m1/s1. The lowest BCUT2D eigenvalue weighted by Crippen LogP contribution is -2.47. The van der Waals surface area contributed by atoms with Crippen molar-refractivity contribution in [2.45, 2.75) is 27.8 Å². The van der Waals surface area contributed by atoms with E-state index in [0.29, 0.717) is 17.0 Å². The van der Waals surface area contributed by atoms with Gasteiger partial charge in [0.25, 0.3) is 0 Å². The third-order valence-corrected chi connectivity index (χ3v) is 6.00. The zero-order valence-electron chi connectivity index (χ0n) is 10.6. The molecule has 7 N–H and O–H groups in total. The summed E-state index contributed by atoms with van der Waals surface area (Å²) in [6.45, 7) is 0. The van der Waals surface area contributed by atoms with Gasteiger partial charge >= 0.3 is 0 Å². The minimum absolute atomic E-state index is 0.288. The molecule has 6 nitrogen and oxygen atoms in total. The molecule has 0 bridgehead atoms. The van der Waals surface area contributed by atoms with Crippen LogP contribution in [0, 0.1) is 5.41 Å². The maximum absolute atomic E-state index is 9.99. The van der Waals surface area contributed by atoms with Gasteiger partial charge < -0.3 is 26.2 Å². The van der Waals surface area contributed by atoms with Crippen molar-refractivity contribution in [3.8, 4) is 0 Å². The number of rotatable bonds is 4. The Balaban J connectivity index is 2.15. The minimum Gasteiger partial charge on any atom is -0.389 e. The summed E-state index contributed by atoms with van der Waals surface area (Å²) in [6.07, 6.45) is -1.84. The van der Waals surface area contributed by atoms with Gasteiger partial charge in [0, 0.05) is 28.1 Å². The quantitative estimate of drug-likeness (QED) is 0.267. The Morgan fingerprint density at radius 2 is 2.10 bits per heavy atom. The molecule has 2 rings (SSSR count). The molecule has 1 saturated heterocycles. The topological polar surface area (TPSA) is 123 Å². The summed E-state index contributed by atoms with van der Waals surface area (Å²) in [5.74, 6) is 5.70. The first kappa shape index (κ1) is 15.6. The fourth-order valence-electron chi connectivity index (χ4n) is 1.87. The molecule has 1 aromatic carbocycles. The molecular formula is C12H17N3O3S2. The van der Waals surface area contributed by atoms with E-state index in [1.54, 1.807) is 12.1 Å². The van der Waals surface area contributed by atoms with E-state index in [-0.39, 0.29) is 4.58 Å². The van der Waals surface area contributed by atoms with Crippen LogP contribution in [-0.2, 0) is 0 Å². The normalized spacial score (nSPS) is 30.0. The highest BCUT2D eigenvalue weighted by atomic mass is 32.2. The van der Waals surface area contributed by atoms with Gasteiger partial charge in [-0.3, -0.25) is 5.84 Å². The molecule has 1 heterocycles. The molecule has 1 aromatic rings. The Kier molecular flexibility index (Phi) is 5.30. The van der Waals surface area contributed by atoms with Gasteiger partial charge in [-0.05, 0) is 18.2 Å². The molecule has 0 saturated carbocycles. The molecule has 0 spiro atoms. The fourth-order valence-corrected chi connectivity index (χ4v) is 4.58. The van der Waals surface area contributed by atoms with Gasteiger partial charge in [0.1, 0.15) is 12.2 Å². The van der Waals surface area contributed by atoms with Crippen molar-refractivity contribution in [1.29, 1.82) is 5.41 Å². The summed E-state index contributed by atoms with van der Waals surface area (Å²) in [7, 11) is 0. The molecule has 0 aromatic heterocycles. The molecule has 20 heavy (non-hydrogen) atoms. The van der Waals surface area contributed by atoms with E-state index in [1.165, 1.54) is 29.7 Å². The lowest BCUT2D eigenvalue weighted by molar-refractivity contribution is -0.0474. The number of hydrazine groups is 1. The summed E-state index contributed by atoms with van der Waals surface area (Å²) in [5, 5.41) is 36.6. The van der Waals surface area contributed by atoms with Gasteiger partial charge in [-0.2, -0.15) is 0 Å². The molecule has 1 fully saturated rings. The van der Waals surface area contributed by atoms with Crippen molar-refractivity contribution in [3.63, 3.8) is 0 Å². The van der Waals surface area contributed by atoms with Crippen molar-refractivity contribution in [2.24, 2.45) is 5.84 Å². The van der Waals surface area contributed by atoms with E-state index < -0.39 is 18.3 Å². The Bertz CT molecular complexity index is 489. The number of hydrogen-bond donors (Lipinski definition) is 6. The molecule has 4 atom stereocenters. The first-order valence-corrected chi connectivity index (χ1v) is 7.93. The number of benzene rings is 1. The van der Waals surface area contributed by atoms with E-state index in [1.807, 2.05) is 6.07 Å². The average Bonchev–Trinajstić information content (AvgIpc) is 2.48. The number of nitrogens with one attached hydrogen (secondary N) is 2. The third-order valence-electron chi connectivity index (χ3n) is 3.03. The maximum Gasteiger partial charge on any atom is 0.108 e. The van der Waals surface area contributed by atoms with Crippen LogP contribution in [0.4, 0.5) is 5.69 Å². The molecule has 1 aliphatic rings. The molecular weight excluding hydrogens is 298 g/mol. The zero-order valence-corrected chi connectivity index (χ0v) is 12.2. The van der Waals surface area contributed by atoms with Crippen molar-refractivity contribution >= 4 is 35.4 Å². The van der Waals surface area contributed by atoms with Gasteiger partial charge in [-0.1, -0.05) is 0 Å². The molecule has 1 aliphatic heterocycles. The predicted octanol–water partition coefficient (Wildman–Crippen LogP) is 0.218. The SMILES string of the molecule is N=Cc1cc(NN)ccc1S[C@@H]1SC[C@@H](O)[C@H](O)[C@H]1O. The molecule has 110 valence electrons. The van der Waals surface area contributed by atoms with Crippen LogP contribution in [0.1, 0.15) is 5.56 Å². The van der Waals surface area contributed by atoms with Crippen molar-refractivity contribution < 1.29 is 15.3 Å². The lowest BCUT2D eigenvalue weighted by atomic mass is 10.1. The van der Waals surface area contributed by atoms with E-state index >= 15 is 0 Å². The first-order valence-electron chi connectivity index (χ1n) is 6.00. The summed E-state index contributed by atoms with van der Waals surface area (Å²) in [6, 6.07) is 5.33. The second-order valence-corrected chi connectivity index (χ2v) is 7.07. The monoisotopic (exact) mass is 315 g/mol. The van der Waals surface area contributed by atoms with E-state index in [9.17, 15) is 15.3 Å². The van der Waals surface area contributed by atoms with Gasteiger partial charge in [-0.15, -0.1) is 23.5 Å². The van der Waals surface area contributed by atoms with Crippen LogP contribution in [0.25, 0.3) is 0 Å². The number of nitrogens with two attached hydrogens (primary N) is 1. The van der Waals surface area contributed by atoms with Crippen molar-refractivity contribution in [1.82, 2.24) is 0 Å². The molecule has 0 aliphatic carbocycles. The Labute approximate surface area is 125 Å². The smallest absolute Gasteiger partial charge is 0.108 e. The summed E-state index contributed by atoms with van der Waals surface area (Å²) < 4.78 is -0.288. The van der Waals surface area contributed by atoms with Gasteiger partial charge in [0.05, 0.1) is 10.7 Å². The Hall–Kier alpha value is -0.770. The molecule has 0 unspecified atom stereocenters. The van der Waals surface area contributed by atoms with Crippen LogP contribution in [0.3, 0.4) is 0 Å². The average molecular weight is 315 g/mol. The van der Waals surface area contributed by atoms with Crippen molar-refractivity contribution in [2.75, 3.05) is 11.2 Å².